The summed E-state index contributed by atoms with van der Waals surface area (Å²) in [6.45, 7) is 0.732. The van der Waals surface area contributed by atoms with Gasteiger partial charge in [0.05, 0.1) is 12.7 Å². The first kappa shape index (κ1) is 22.4. The number of phosphoric ester groups is 1. The monoisotopic (exact) mass is 465 g/mol. The van der Waals surface area contributed by atoms with Crippen molar-refractivity contribution in [2.75, 3.05) is 6.61 Å². The van der Waals surface area contributed by atoms with E-state index < -0.39 is 53.9 Å². The van der Waals surface area contributed by atoms with Crippen LogP contribution in [-0.4, -0.2) is 43.2 Å². The molecule has 4 atom stereocenters. The van der Waals surface area contributed by atoms with Gasteiger partial charge in [0.1, 0.15) is 12.3 Å². The van der Waals surface area contributed by atoms with Crippen LogP contribution in [0, 0.1) is 6.92 Å². The van der Waals surface area contributed by atoms with Crippen molar-refractivity contribution in [3.8, 4) is 0 Å². The first-order chi connectivity index (χ1) is 12.3. The highest BCUT2D eigenvalue weighted by Crippen LogP contribution is 2.43. The van der Waals surface area contributed by atoms with Gasteiger partial charge in [-0.3, -0.25) is 18.9 Å². The summed E-state index contributed by atoms with van der Waals surface area (Å²) < 4.78 is 23.8. The third-order valence-corrected chi connectivity index (χ3v) is 4.80. The van der Waals surface area contributed by atoms with Crippen LogP contribution in [0.1, 0.15) is 18.2 Å². The average Bonchev–Trinajstić information content (AvgIpc) is 2.88. The number of H-pyrrole nitrogens is 1. The first-order valence-electron chi connectivity index (χ1n) is 7.22. The van der Waals surface area contributed by atoms with E-state index >= 15 is 0 Å². The van der Waals surface area contributed by atoms with E-state index in [1.54, 1.807) is 0 Å². The van der Waals surface area contributed by atoms with Crippen LogP contribution in [0.2, 0.25) is 0 Å². The maximum absolute atomic E-state index is 11.9. The van der Waals surface area contributed by atoms with E-state index in [1.165, 1.54) is 13.1 Å². The van der Waals surface area contributed by atoms with Crippen LogP contribution in [0.4, 0.5) is 0 Å². The number of nitrogens with zero attached hydrogens (tertiary/aromatic N) is 1. The number of rotatable bonds is 5. The zero-order valence-electron chi connectivity index (χ0n) is 13.5. The minimum atomic E-state index is -5.20. The van der Waals surface area contributed by atoms with Gasteiger partial charge in [0, 0.05) is 18.2 Å². The van der Waals surface area contributed by atoms with E-state index in [2.05, 4.69) is 14.0 Å². The second-order valence-electron chi connectivity index (χ2n) is 5.53. The van der Waals surface area contributed by atoms with E-state index in [-0.39, 0.29) is 12.0 Å². The molecule has 11 nitrogen and oxygen atoms in total. The Kier molecular flexibility index (Phi) is 6.81. The summed E-state index contributed by atoms with van der Waals surface area (Å²) in [4.78, 5) is 48.2. The van der Waals surface area contributed by atoms with Gasteiger partial charge in [-0.25, -0.2) is 9.59 Å². The lowest BCUT2D eigenvalue weighted by Gasteiger charge is -2.25. The van der Waals surface area contributed by atoms with Gasteiger partial charge < -0.3 is 23.8 Å². The molecule has 15 heteroatoms. The number of aliphatic hydroxyl groups is 1. The molecule has 2 N–H and O–H groups in total. The summed E-state index contributed by atoms with van der Waals surface area (Å²) in [5, 5.41) is 9.99. The van der Waals surface area contributed by atoms with E-state index in [9.17, 15) is 28.9 Å². The number of halogens is 3. The summed E-state index contributed by atoms with van der Waals surface area (Å²) in [5.41, 5.74) is -1.11. The maximum atomic E-state index is 11.9. The lowest BCUT2D eigenvalue weighted by molar-refractivity contribution is -0.227. The largest absolute Gasteiger partial charge is 0.746 e. The van der Waals surface area contributed by atoms with Crippen LogP contribution >= 0.6 is 42.6 Å². The normalized spacial score (nSPS) is 25.2. The molecular formula is C12H13Cl3N2O9P-. The van der Waals surface area contributed by atoms with Crippen LogP contribution in [0.25, 0.3) is 0 Å². The fourth-order valence-electron chi connectivity index (χ4n) is 2.18. The van der Waals surface area contributed by atoms with Crippen molar-refractivity contribution in [3.05, 3.63) is 32.6 Å². The van der Waals surface area contributed by atoms with Gasteiger partial charge >= 0.3 is 19.5 Å². The molecule has 2 heterocycles. The quantitative estimate of drug-likeness (QED) is 0.446. The Balaban J connectivity index is 2.02. The van der Waals surface area contributed by atoms with Gasteiger partial charge in [0.2, 0.25) is 0 Å². The highest BCUT2D eigenvalue weighted by atomic mass is 35.6. The molecule has 0 saturated carbocycles. The average molecular weight is 467 g/mol. The SMILES string of the molecule is Cc1cn([C@H]2C[C@H](O)[C@@H](COP(=O)([O-])OC(=O)C(Cl)(Cl)Cl)O2)c(=O)[nH]c1=O. The Hall–Kier alpha value is -0.910. The van der Waals surface area contributed by atoms with E-state index in [4.69, 9.17) is 39.5 Å². The fourth-order valence-corrected chi connectivity index (χ4v) is 3.18. The number of aromatic amines is 1. The molecule has 27 heavy (non-hydrogen) atoms. The number of alkyl halides is 3. The van der Waals surface area contributed by atoms with E-state index in [1.807, 2.05) is 0 Å². The predicted octanol–water partition coefficient (Wildman–Crippen LogP) is -0.108. The molecule has 1 fully saturated rings. The second-order valence-corrected chi connectivity index (χ2v) is 9.15. The van der Waals surface area contributed by atoms with E-state index in [0.717, 1.165) is 4.57 Å². The van der Waals surface area contributed by atoms with Crippen molar-refractivity contribution in [1.82, 2.24) is 9.55 Å². The first-order valence-corrected chi connectivity index (χ1v) is 9.81. The Bertz CT molecular complexity index is 880. The molecule has 1 aliphatic rings. The third kappa shape index (κ3) is 5.78. The molecule has 1 saturated heterocycles. The third-order valence-electron chi connectivity index (χ3n) is 3.48. The number of aliphatic hydroxyl groups excluding tert-OH is 1. The summed E-state index contributed by atoms with van der Waals surface area (Å²) in [6.07, 6.45) is -2.22. The lowest BCUT2D eigenvalue weighted by Crippen LogP contribution is -2.33. The van der Waals surface area contributed by atoms with Crippen molar-refractivity contribution in [3.63, 3.8) is 0 Å². The molecule has 2 rings (SSSR count). The molecule has 0 radical (unpaired) electrons. The summed E-state index contributed by atoms with van der Waals surface area (Å²) in [5.74, 6) is -1.69. The van der Waals surface area contributed by atoms with Gasteiger partial charge in [0.15, 0.2) is 0 Å². The number of hydrogen-bond acceptors (Lipinski definition) is 9. The molecule has 0 aromatic carbocycles. The molecule has 1 aromatic heterocycles. The maximum Gasteiger partial charge on any atom is 0.364 e. The zero-order valence-corrected chi connectivity index (χ0v) is 16.6. The molecule has 0 spiro atoms. The summed E-state index contributed by atoms with van der Waals surface area (Å²) in [7, 11) is -5.20. The summed E-state index contributed by atoms with van der Waals surface area (Å²) in [6, 6.07) is 0. The zero-order chi connectivity index (χ0) is 20.6. The Morgan fingerprint density at radius 2 is 2.15 bits per heavy atom. The molecule has 0 aliphatic carbocycles. The minimum Gasteiger partial charge on any atom is -0.746 e. The molecule has 0 bridgehead atoms. The minimum absolute atomic E-state index is 0.0868. The number of aryl methyl sites for hydroxylation is 1. The van der Waals surface area contributed by atoms with Gasteiger partial charge in [-0.05, 0) is 6.92 Å². The fraction of sp³-hybridized carbons (Fsp3) is 0.583. The molecule has 0 amide bonds. The van der Waals surface area contributed by atoms with E-state index in [0.29, 0.717) is 0 Å². The van der Waals surface area contributed by atoms with Crippen LogP contribution in [0.15, 0.2) is 15.8 Å². The van der Waals surface area contributed by atoms with Crippen molar-refractivity contribution in [1.29, 1.82) is 0 Å². The number of nitrogens with one attached hydrogen (secondary N) is 1. The number of aromatic nitrogens is 2. The van der Waals surface area contributed by atoms with Gasteiger partial charge in [-0.15, -0.1) is 0 Å². The number of carbonyl (C=O) groups excluding carboxylic acids is 1. The molecule has 1 aromatic rings. The van der Waals surface area contributed by atoms with Crippen molar-refractivity contribution in [2.45, 2.75) is 35.6 Å². The molecule has 1 unspecified atom stereocenters. The molecule has 152 valence electrons. The highest BCUT2D eigenvalue weighted by Gasteiger charge is 2.38. The summed E-state index contributed by atoms with van der Waals surface area (Å²) >= 11 is 15.6. The second kappa shape index (κ2) is 8.22. The van der Waals surface area contributed by atoms with Crippen molar-refractivity contribution >= 4 is 48.6 Å². The van der Waals surface area contributed by atoms with Gasteiger partial charge in [-0.2, -0.15) is 0 Å². The number of carbonyl (C=O) groups is 1. The van der Waals surface area contributed by atoms with Crippen LogP contribution in [-0.2, 0) is 23.1 Å². The molecule has 1 aliphatic heterocycles. The van der Waals surface area contributed by atoms with Crippen molar-refractivity contribution < 1.29 is 33.1 Å². The van der Waals surface area contributed by atoms with Crippen LogP contribution in [0.5, 0.6) is 0 Å². The Morgan fingerprint density at radius 3 is 2.74 bits per heavy atom. The topological polar surface area (TPSA) is 160 Å². The highest BCUT2D eigenvalue weighted by molar-refractivity contribution is 7.46. The number of hydrogen-bond donors (Lipinski definition) is 2. The van der Waals surface area contributed by atoms with Gasteiger partial charge in [0.25, 0.3) is 9.35 Å². The Labute approximate surface area is 166 Å². The van der Waals surface area contributed by atoms with Crippen LogP contribution < -0.4 is 16.1 Å². The number of phosphoric acid groups is 1. The Morgan fingerprint density at radius 1 is 1.52 bits per heavy atom. The smallest absolute Gasteiger partial charge is 0.364 e. The van der Waals surface area contributed by atoms with Crippen LogP contribution in [0.3, 0.4) is 0 Å². The number of ether oxygens (including phenoxy) is 1. The molecular weight excluding hydrogens is 453 g/mol. The predicted molar refractivity (Wildman–Crippen MR) is 90.5 cm³/mol. The van der Waals surface area contributed by atoms with Crippen molar-refractivity contribution in [2.24, 2.45) is 0 Å². The lowest BCUT2D eigenvalue weighted by atomic mass is 10.2. The van der Waals surface area contributed by atoms with Gasteiger partial charge in [-0.1, -0.05) is 34.8 Å². The standard InChI is InChI=1S/C12H14Cl3N2O9P/c1-5-3-17(11(21)16-9(5)19)8-2-6(18)7(25-8)4-24-27(22,23)26-10(20)12(13,14)15/h3,6-8,18H,2,4H2,1H3,(H,22,23)(H,16,19,21)/p-1/t6-,7+,8+/m0/s1.